The molecule has 2 aromatic rings. The number of carbonyl (C=O) groups excluding carboxylic acids is 2. The van der Waals surface area contributed by atoms with Crippen molar-refractivity contribution in [3.8, 4) is 0 Å². The van der Waals surface area contributed by atoms with Crippen molar-refractivity contribution in [2.75, 3.05) is 11.9 Å². The molecule has 0 aliphatic rings. The summed E-state index contributed by atoms with van der Waals surface area (Å²) >= 11 is 3.35. The Hall–Kier alpha value is -2.41. The van der Waals surface area contributed by atoms with Crippen LogP contribution in [0.15, 0.2) is 46.9 Å². The molecule has 0 bridgehead atoms. The maximum Gasteiger partial charge on any atom is 0.315 e. The molecule has 2 rings (SSSR count). The predicted molar refractivity (Wildman–Crippen MR) is 94.1 cm³/mol. The number of benzene rings is 2. The number of urea groups is 1. The van der Waals surface area contributed by atoms with E-state index in [4.69, 9.17) is 0 Å². The molecular formula is C17H17BrFN3O2. The molecule has 2 aromatic carbocycles. The summed E-state index contributed by atoms with van der Waals surface area (Å²) in [5.41, 5.74) is 2.37. The Morgan fingerprint density at radius 2 is 1.79 bits per heavy atom. The predicted octanol–water partition coefficient (Wildman–Crippen LogP) is 3.33. The molecule has 0 atom stereocenters. The quantitative estimate of drug-likeness (QED) is 0.728. The molecular weight excluding hydrogens is 377 g/mol. The first-order chi connectivity index (χ1) is 11.4. The van der Waals surface area contributed by atoms with Crippen molar-refractivity contribution in [1.82, 2.24) is 10.6 Å². The molecule has 0 aromatic heterocycles. The number of rotatable bonds is 5. The second-order valence-corrected chi connectivity index (χ2v) is 6.09. The molecule has 0 saturated carbocycles. The summed E-state index contributed by atoms with van der Waals surface area (Å²) in [7, 11) is 0. The topological polar surface area (TPSA) is 70.2 Å². The van der Waals surface area contributed by atoms with Crippen LogP contribution < -0.4 is 16.0 Å². The van der Waals surface area contributed by atoms with Gasteiger partial charge in [0.15, 0.2) is 0 Å². The van der Waals surface area contributed by atoms with Crippen LogP contribution in [0.5, 0.6) is 0 Å². The van der Waals surface area contributed by atoms with E-state index >= 15 is 0 Å². The minimum Gasteiger partial charge on any atom is -0.334 e. The Bertz CT molecular complexity index is 735. The molecule has 0 radical (unpaired) electrons. The molecule has 0 unspecified atom stereocenters. The second kappa shape index (κ2) is 8.44. The Kier molecular flexibility index (Phi) is 6.31. The van der Waals surface area contributed by atoms with Crippen LogP contribution in [0.4, 0.5) is 14.9 Å². The summed E-state index contributed by atoms with van der Waals surface area (Å²) in [5, 5.41) is 7.80. The van der Waals surface area contributed by atoms with E-state index in [0.717, 1.165) is 15.6 Å². The lowest BCUT2D eigenvalue weighted by molar-refractivity contribution is -0.115. The largest absolute Gasteiger partial charge is 0.334 e. The molecule has 3 N–H and O–H groups in total. The van der Waals surface area contributed by atoms with E-state index in [1.807, 2.05) is 19.1 Å². The highest BCUT2D eigenvalue weighted by atomic mass is 79.9. The fourth-order valence-corrected chi connectivity index (χ4v) is 2.44. The van der Waals surface area contributed by atoms with Gasteiger partial charge in [0.1, 0.15) is 5.82 Å². The average Bonchev–Trinajstić information content (AvgIpc) is 2.55. The van der Waals surface area contributed by atoms with Crippen molar-refractivity contribution in [1.29, 1.82) is 0 Å². The lowest BCUT2D eigenvalue weighted by atomic mass is 10.2. The van der Waals surface area contributed by atoms with Gasteiger partial charge in [-0.05, 0) is 48.4 Å². The highest BCUT2D eigenvalue weighted by molar-refractivity contribution is 9.10. The molecule has 24 heavy (non-hydrogen) atoms. The SMILES string of the molecule is Cc1cc(Br)ccc1NC(=O)CNC(=O)NCc1ccc(F)cc1. The number of amides is 3. The fraction of sp³-hybridized carbons (Fsp3) is 0.176. The van der Waals surface area contributed by atoms with Crippen LogP contribution in [0.3, 0.4) is 0 Å². The van der Waals surface area contributed by atoms with Crippen LogP contribution in [0.1, 0.15) is 11.1 Å². The fourth-order valence-electron chi connectivity index (χ4n) is 1.97. The standard InChI is InChI=1S/C17H17BrFN3O2/c1-11-8-13(18)4-7-15(11)22-16(23)10-21-17(24)20-9-12-2-5-14(19)6-3-12/h2-8H,9-10H2,1H3,(H,22,23)(H2,20,21,24). The summed E-state index contributed by atoms with van der Waals surface area (Å²) in [4.78, 5) is 23.5. The lowest BCUT2D eigenvalue weighted by Crippen LogP contribution is -2.39. The zero-order valence-corrected chi connectivity index (χ0v) is 14.6. The van der Waals surface area contributed by atoms with Gasteiger partial charge in [0.05, 0.1) is 6.54 Å². The molecule has 7 heteroatoms. The maximum absolute atomic E-state index is 12.8. The van der Waals surface area contributed by atoms with E-state index in [1.54, 1.807) is 18.2 Å². The number of anilines is 1. The Morgan fingerprint density at radius 3 is 2.46 bits per heavy atom. The molecule has 126 valence electrons. The third-order valence-electron chi connectivity index (χ3n) is 3.24. The highest BCUT2D eigenvalue weighted by Crippen LogP contribution is 2.19. The van der Waals surface area contributed by atoms with Gasteiger partial charge in [0.25, 0.3) is 0 Å². The third-order valence-corrected chi connectivity index (χ3v) is 3.73. The van der Waals surface area contributed by atoms with E-state index in [9.17, 15) is 14.0 Å². The summed E-state index contributed by atoms with van der Waals surface area (Å²) in [6.07, 6.45) is 0. The van der Waals surface area contributed by atoms with E-state index < -0.39 is 6.03 Å². The molecule has 3 amide bonds. The number of carbonyl (C=O) groups is 2. The van der Waals surface area contributed by atoms with Crippen molar-refractivity contribution in [3.63, 3.8) is 0 Å². The number of aryl methyl sites for hydroxylation is 1. The smallest absolute Gasteiger partial charge is 0.315 e. The van der Waals surface area contributed by atoms with Crippen molar-refractivity contribution in [2.24, 2.45) is 0 Å². The van der Waals surface area contributed by atoms with Crippen LogP contribution in [0, 0.1) is 12.7 Å². The first-order valence-electron chi connectivity index (χ1n) is 7.26. The molecule has 0 saturated heterocycles. The molecule has 0 aliphatic heterocycles. The van der Waals surface area contributed by atoms with Crippen molar-refractivity contribution >= 4 is 33.6 Å². The third kappa shape index (κ3) is 5.66. The van der Waals surface area contributed by atoms with Gasteiger partial charge in [0, 0.05) is 16.7 Å². The number of nitrogens with one attached hydrogen (secondary N) is 3. The van der Waals surface area contributed by atoms with E-state index in [1.165, 1.54) is 12.1 Å². The zero-order valence-electron chi connectivity index (χ0n) is 13.0. The molecule has 5 nitrogen and oxygen atoms in total. The average molecular weight is 394 g/mol. The highest BCUT2D eigenvalue weighted by Gasteiger charge is 2.07. The Labute approximate surface area is 147 Å². The van der Waals surface area contributed by atoms with Crippen molar-refractivity contribution in [2.45, 2.75) is 13.5 Å². The van der Waals surface area contributed by atoms with E-state index in [-0.39, 0.29) is 24.8 Å². The summed E-state index contributed by atoms with van der Waals surface area (Å²) < 4.78 is 13.7. The van der Waals surface area contributed by atoms with Gasteiger partial charge in [0.2, 0.25) is 5.91 Å². The zero-order chi connectivity index (χ0) is 17.5. The van der Waals surface area contributed by atoms with Gasteiger partial charge in [-0.1, -0.05) is 28.1 Å². The van der Waals surface area contributed by atoms with Gasteiger partial charge in [-0.15, -0.1) is 0 Å². The maximum atomic E-state index is 12.8. The Morgan fingerprint density at radius 1 is 1.08 bits per heavy atom. The van der Waals surface area contributed by atoms with Gasteiger partial charge in [-0.2, -0.15) is 0 Å². The van der Waals surface area contributed by atoms with Crippen LogP contribution in [-0.2, 0) is 11.3 Å². The van der Waals surface area contributed by atoms with E-state index in [2.05, 4.69) is 31.9 Å². The second-order valence-electron chi connectivity index (χ2n) is 5.17. The van der Waals surface area contributed by atoms with Crippen LogP contribution in [0.2, 0.25) is 0 Å². The number of hydrogen-bond acceptors (Lipinski definition) is 2. The van der Waals surface area contributed by atoms with Gasteiger partial charge in [-0.25, -0.2) is 9.18 Å². The first-order valence-corrected chi connectivity index (χ1v) is 8.05. The normalized spacial score (nSPS) is 10.1. The monoisotopic (exact) mass is 393 g/mol. The summed E-state index contributed by atoms with van der Waals surface area (Å²) in [5.74, 6) is -0.652. The Balaban J connectivity index is 1.74. The summed E-state index contributed by atoms with van der Waals surface area (Å²) in [6, 6.07) is 10.8. The molecule has 0 spiro atoms. The molecule has 0 heterocycles. The van der Waals surface area contributed by atoms with Gasteiger partial charge < -0.3 is 16.0 Å². The van der Waals surface area contributed by atoms with Gasteiger partial charge in [-0.3, -0.25) is 4.79 Å². The van der Waals surface area contributed by atoms with Crippen molar-refractivity contribution < 1.29 is 14.0 Å². The van der Waals surface area contributed by atoms with E-state index in [0.29, 0.717) is 5.69 Å². The first kappa shape index (κ1) is 17.9. The molecule has 0 aliphatic carbocycles. The minimum absolute atomic E-state index is 0.148. The van der Waals surface area contributed by atoms with Crippen LogP contribution in [-0.4, -0.2) is 18.5 Å². The van der Waals surface area contributed by atoms with Crippen molar-refractivity contribution in [3.05, 3.63) is 63.9 Å². The number of hydrogen-bond donors (Lipinski definition) is 3. The number of halogens is 2. The van der Waals surface area contributed by atoms with Gasteiger partial charge >= 0.3 is 6.03 Å². The lowest BCUT2D eigenvalue weighted by Gasteiger charge is -2.10. The summed E-state index contributed by atoms with van der Waals surface area (Å²) in [6.45, 7) is 1.98. The molecule has 0 fully saturated rings. The minimum atomic E-state index is -0.470. The van der Waals surface area contributed by atoms with Crippen LogP contribution in [0.25, 0.3) is 0 Å². The van der Waals surface area contributed by atoms with Crippen LogP contribution >= 0.6 is 15.9 Å².